The van der Waals surface area contributed by atoms with Crippen LogP contribution in [0.25, 0.3) is 22.0 Å². The summed E-state index contributed by atoms with van der Waals surface area (Å²) in [6.45, 7) is 2.76. The molecule has 0 saturated carbocycles. The van der Waals surface area contributed by atoms with Crippen LogP contribution < -0.4 is 5.32 Å². The lowest BCUT2D eigenvalue weighted by Gasteiger charge is -2.11. The predicted molar refractivity (Wildman–Crippen MR) is 84.1 cm³/mol. The first-order valence-electron chi connectivity index (χ1n) is 6.65. The van der Waals surface area contributed by atoms with Crippen LogP contribution in [-0.2, 0) is 0 Å². The molecule has 106 valence electrons. The lowest BCUT2D eigenvalue weighted by atomic mass is 10.0. The molecule has 0 amide bonds. The molecule has 0 aliphatic carbocycles. The van der Waals surface area contributed by atoms with E-state index in [1.54, 1.807) is 6.07 Å². The van der Waals surface area contributed by atoms with Gasteiger partial charge in [-0.05, 0) is 25.1 Å². The van der Waals surface area contributed by atoms with Gasteiger partial charge in [-0.25, -0.2) is 4.39 Å². The van der Waals surface area contributed by atoms with E-state index in [-0.39, 0.29) is 5.82 Å². The summed E-state index contributed by atoms with van der Waals surface area (Å²) in [5, 5.41) is 13.9. The minimum Gasteiger partial charge on any atom is -0.368 e. The largest absolute Gasteiger partial charge is 0.368 e. The molecule has 0 aliphatic rings. The second-order valence-corrected chi connectivity index (χ2v) is 5.00. The maximum atomic E-state index is 13.2. The number of hydrogen-bond acceptors (Lipinski definition) is 3. The summed E-state index contributed by atoms with van der Waals surface area (Å²) in [6, 6.07) is 12.1. The van der Waals surface area contributed by atoms with Gasteiger partial charge in [0, 0.05) is 22.9 Å². The van der Waals surface area contributed by atoms with Crippen molar-refractivity contribution in [3.8, 4) is 11.3 Å². The molecule has 0 radical (unpaired) electrons. The average Bonchev–Trinajstić information content (AvgIpc) is 2.49. The van der Waals surface area contributed by atoms with Gasteiger partial charge in [0.05, 0.1) is 5.02 Å². The van der Waals surface area contributed by atoms with E-state index in [1.807, 2.05) is 31.2 Å². The Morgan fingerprint density at radius 3 is 2.57 bits per heavy atom. The number of nitrogens with one attached hydrogen (secondary N) is 1. The number of anilines is 1. The Bertz CT molecular complexity index is 805. The average molecular weight is 302 g/mol. The molecule has 3 nitrogen and oxygen atoms in total. The molecule has 0 unspecified atom stereocenters. The Kier molecular flexibility index (Phi) is 3.71. The van der Waals surface area contributed by atoms with E-state index in [0.29, 0.717) is 16.3 Å². The molecule has 0 bridgehead atoms. The zero-order chi connectivity index (χ0) is 14.8. The highest BCUT2D eigenvalue weighted by atomic mass is 35.5. The van der Waals surface area contributed by atoms with Crippen molar-refractivity contribution in [2.75, 3.05) is 11.9 Å². The lowest BCUT2D eigenvalue weighted by Crippen LogP contribution is -2.03. The van der Waals surface area contributed by atoms with Crippen molar-refractivity contribution in [1.82, 2.24) is 10.2 Å². The summed E-state index contributed by atoms with van der Waals surface area (Å²) in [5.41, 5.74) is 1.32. The highest BCUT2D eigenvalue weighted by Crippen LogP contribution is 2.33. The first-order valence-corrected chi connectivity index (χ1v) is 7.03. The molecule has 0 fully saturated rings. The number of nitrogens with zero attached hydrogens (tertiary/aromatic N) is 2. The van der Waals surface area contributed by atoms with Gasteiger partial charge in [-0.2, -0.15) is 0 Å². The molecule has 1 N–H and O–H groups in total. The second kappa shape index (κ2) is 5.66. The van der Waals surface area contributed by atoms with Crippen molar-refractivity contribution < 1.29 is 4.39 Å². The normalized spacial score (nSPS) is 10.8. The van der Waals surface area contributed by atoms with Crippen LogP contribution in [0.15, 0.2) is 42.5 Å². The minimum atomic E-state index is -0.370. The summed E-state index contributed by atoms with van der Waals surface area (Å²) in [5.74, 6) is 0.361. The maximum Gasteiger partial charge on any atom is 0.156 e. The van der Waals surface area contributed by atoms with Gasteiger partial charge in [0.2, 0.25) is 0 Å². The van der Waals surface area contributed by atoms with Crippen LogP contribution in [0.1, 0.15) is 6.92 Å². The van der Waals surface area contributed by atoms with Crippen LogP contribution in [0.4, 0.5) is 10.2 Å². The van der Waals surface area contributed by atoms with E-state index in [2.05, 4.69) is 15.5 Å². The Labute approximate surface area is 126 Å². The molecule has 3 rings (SSSR count). The zero-order valence-corrected chi connectivity index (χ0v) is 12.2. The Hall–Kier alpha value is -2.20. The van der Waals surface area contributed by atoms with Gasteiger partial charge in [-0.1, -0.05) is 35.9 Å². The Morgan fingerprint density at radius 1 is 1.10 bits per heavy atom. The smallest absolute Gasteiger partial charge is 0.156 e. The van der Waals surface area contributed by atoms with Crippen molar-refractivity contribution >= 4 is 28.2 Å². The molecule has 0 spiro atoms. The molecule has 5 heteroatoms. The summed E-state index contributed by atoms with van der Waals surface area (Å²) < 4.78 is 13.2. The molecule has 3 aromatic rings. The minimum absolute atomic E-state index is 0.325. The third kappa shape index (κ3) is 2.54. The van der Waals surface area contributed by atoms with Crippen molar-refractivity contribution in [2.45, 2.75) is 6.92 Å². The van der Waals surface area contributed by atoms with Gasteiger partial charge < -0.3 is 5.32 Å². The first-order chi connectivity index (χ1) is 10.2. The molecule has 2 aromatic carbocycles. The van der Waals surface area contributed by atoms with E-state index in [4.69, 9.17) is 11.6 Å². The van der Waals surface area contributed by atoms with Crippen molar-refractivity contribution in [2.24, 2.45) is 0 Å². The number of hydrogen-bond donors (Lipinski definition) is 1. The quantitative estimate of drug-likeness (QED) is 0.773. The first kappa shape index (κ1) is 13.8. The second-order valence-electron chi connectivity index (χ2n) is 4.60. The van der Waals surface area contributed by atoms with E-state index >= 15 is 0 Å². The van der Waals surface area contributed by atoms with Gasteiger partial charge in [-0.15, -0.1) is 10.2 Å². The highest BCUT2D eigenvalue weighted by Gasteiger charge is 2.13. The summed E-state index contributed by atoms with van der Waals surface area (Å²) in [7, 11) is 0. The van der Waals surface area contributed by atoms with Crippen molar-refractivity contribution in [1.29, 1.82) is 0 Å². The monoisotopic (exact) mass is 301 g/mol. The highest BCUT2D eigenvalue weighted by molar-refractivity contribution is 6.33. The number of fused-ring (bicyclic) bond motifs is 1. The van der Waals surface area contributed by atoms with E-state index in [9.17, 15) is 4.39 Å². The fourth-order valence-electron chi connectivity index (χ4n) is 2.28. The van der Waals surface area contributed by atoms with Crippen LogP contribution in [0.5, 0.6) is 0 Å². The number of rotatable bonds is 3. The molecule has 0 atom stereocenters. The standard InChI is InChI=1S/C16H13ClFN3/c1-2-19-16-12-6-4-3-5-11(12)15(20-21-16)13-8-7-10(18)9-14(13)17/h3-9H,2H2,1H3,(H,19,21). The number of halogens is 2. The Morgan fingerprint density at radius 2 is 1.86 bits per heavy atom. The van der Waals surface area contributed by atoms with Crippen LogP contribution in [0.2, 0.25) is 5.02 Å². The van der Waals surface area contributed by atoms with Gasteiger partial charge in [0.1, 0.15) is 11.5 Å². The van der Waals surface area contributed by atoms with Crippen LogP contribution >= 0.6 is 11.6 Å². The van der Waals surface area contributed by atoms with Crippen molar-refractivity contribution in [3.05, 3.63) is 53.3 Å². The summed E-state index contributed by atoms with van der Waals surface area (Å²) in [4.78, 5) is 0. The summed E-state index contributed by atoms with van der Waals surface area (Å²) >= 11 is 6.14. The molecule has 1 heterocycles. The van der Waals surface area contributed by atoms with Crippen molar-refractivity contribution in [3.63, 3.8) is 0 Å². The molecule has 0 saturated heterocycles. The third-order valence-electron chi connectivity index (χ3n) is 3.22. The SMILES string of the molecule is CCNc1nnc(-c2ccc(F)cc2Cl)c2ccccc12. The van der Waals surface area contributed by atoms with E-state index in [1.165, 1.54) is 12.1 Å². The van der Waals surface area contributed by atoms with Gasteiger partial charge in [-0.3, -0.25) is 0 Å². The summed E-state index contributed by atoms with van der Waals surface area (Å²) in [6.07, 6.45) is 0. The van der Waals surface area contributed by atoms with Gasteiger partial charge in [0.25, 0.3) is 0 Å². The molecule has 21 heavy (non-hydrogen) atoms. The molecular weight excluding hydrogens is 289 g/mol. The van der Waals surface area contributed by atoms with Gasteiger partial charge >= 0.3 is 0 Å². The molecule has 1 aromatic heterocycles. The van der Waals surface area contributed by atoms with E-state index < -0.39 is 0 Å². The topological polar surface area (TPSA) is 37.8 Å². The third-order valence-corrected chi connectivity index (χ3v) is 3.53. The van der Waals surface area contributed by atoms with Crippen LogP contribution in [-0.4, -0.2) is 16.7 Å². The molecule has 0 aliphatic heterocycles. The van der Waals surface area contributed by atoms with Gasteiger partial charge in [0.15, 0.2) is 5.82 Å². The lowest BCUT2D eigenvalue weighted by molar-refractivity contribution is 0.628. The maximum absolute atomic E-state index is 13.2. The van der Waals surface area contributed by atoms with Crippen LogP contribution in [0, 0.1) is 5.82 Å². The molecular formula is C16H13ClFN3. The predicted octanol–water partition coefficient (Wildman–Crippen LogP) is 4.52. The number of benzene rings is 2. The number of aromatic nitrogens is 2. The van der Waals surface area contributed by atoms with E-state index in [0.717, 1.165) is 23.1 Å². The fourth-order valence-corrected chi connectivity index (χ4v) is 2.54. The fraction of sp³-hybridized carbons (Fsp3) is 0.125. The van der Waals surface area contributed by atoms with Crippen LogP contribution in [0.3, 0.4) is 0 Å². The zero-order valence-electron chi connectivity index (χ0n) is 11.4. The Balaban J connectivity index is 2.26.